The Hall–Kier alpha value is -2.22. The first kappa shape index (κ1) is 21.8. The van der Waals surface area contributed by atoms with Gasteiger partial charge in [-0.1, -0.05) is 31.2 Å². The smallest absolute Gasteiger partial charge is 0.223 e. The van der Waals surface area contributed by atoms with Gasteiger partial charge in [-0.25, -0.2) is 11.7 Å². The third-order valence-corrected chi connectivity index (χ3v) is 4.64. The Morgan fingerprint density at radius 1 is 1.15 bits per heavy atom. The van der Waals surface area contributed by atoms with Crippen molar-refractivity contribution in [1.82, 2.24) is 5.01 Å². The first-order valence-electron chi connectivity index (χ1n) is 8.21. The molecule has 142 valence electrons. The standard InChI is InChI=1S/C17H22N2OS.C2H6N2O/c1-4-13-9-10-16(20-3)17(11-13)21-12-14-7-5-6-8-15(14)19(2)18;1-4(3)2-5/h5-11H,4,12,18H2,1-3H3;2H,3H2,1H3. The molecular formula is C19H28N4O2S. The van der Waals surface area contributed by atoms with Crippen LogP contribution in [0.1, 0.15) is 18.1 Å². The number of carbonyl (C=O) groups is 1. The van der Waals surface area contributed by atoms with Crippen LogP contribution in [0.2, 0.25) is 0 Å². The van der Waals surface area contributed by atoms with Crippen LogP contribution in [0.25, 0.3) is 0 Å². The highest BCUT2D eigenvalue weighted by Crippen LogP contribution is 2.34. The number of amides is 1. The number of carbonyl (C=O) groups excluding carboxylic acids is 1. The molecule has 0 fully saturated rings. The van der Waals surface area contributed by atoms with E-state index in [0.717, 1.165) is 28.6 Å². The fourth-order valence-electron chi connectivity index (χ4n) is 2.19. The molecule has 2 aromatic rings. The number of benzene rings is 2. The molecule has 0 atom stereocenters. The number of rotatable bonds is 7. The van der Waals surface area contributed by atoms with E-state index < -0.39 is 0 Å². The molecule has 0 unspecified atom stereocenters. The molecule has 0 bridgehead atoms. The van der Waals surface area contributed by atoms with Crippen molar-refractivity contribution >= 4 is 23.9 Å². The number of aryl methyl sites for hydroxylation is 1. The third kappa shape index (κ3) is 6.95. The lowest BCUT2D eigenvalue weighted by Crippen LogP contribution is -2.26. The maximum Gasteiger partial charge on any atom is 0.223 e. The van der Waals surface area contributed by atoms with Crippen molar-refractivity contribution in [2.75, 3.05) is 26.2 Å². The predicted molar refractivity (Wildman–Crippen MR) is 109 cm³/mol. The van der Waals surface area contributed by atoms with Gasteiger partial charge >= 0.3 is 0 Å². The number of nitrogens with zero attached hydrogens (tertiary/aromatic N) is 2. The Bertz CT molecular complexity index is 693. The average Bonchev–Trinajstić information content (AvgIpc) is 2.66. The van der Waals surface area contributed by atoms with E-state index in [0.29, 0.717) is 6.41 Å². The Morgan fingerprint density at radius 2 is 1.81 bits per heavy atom. The molecular weight excluding hydrogens is 348 g/mol. The Labute approximate surface area is 160 Å². The number of ether oxygens (including phenoxy) is 1. The van der Waals surface area contributed by atoms with Crippen LogP contribution in [0.4, 0.5) is 5.69 Å². The summed E-state index contributed by atoms with van der Waals surface area (Å²) in [4.78, 5) is 10.5. The van der Waals surface area contributed by atoms with E-state index in [1.165, 1.54) is 23.1 Å². The Morgan fingerprint density at radius 3 is 2.35 bits per heavy atom. The number of methoxy groups -OCH3 is 1. The average molecular weight is 377 g/mol. The van der Waals surface area contributed by atoms with Crippen LogP contribution in [0, 0.1) is 0 Å². The van der Waals surface area contributed by atoms with E-state index in [-0.39, 0.29) is 0 Å². The fourth-order valence-corrected chi connectivity index (χ4v) is 3.27. The number of nitrogens with two attached hydrogens (primary N) is 2. The normalized spacial score (nSPS) is 9.77. The first-order valence-corrected chi connectivity index (χ1v) is 9.20. The highest BCUT2D eigenvalue weighted by molar-refractivity contribution is 7.98. The van der Waals surface area contributed by atoms with Gasteiger partial charge in [0, 0.05) is 24.7 Å². The molecule has 7 heteroatoms. The van der Waals surface area contributed by atoms with Crippen LogP contribution in [0.5, 0.6) is 5.75 Å². The summed E-state index contributed by atoms with van der Waals surface area (Å²) >= 11 is 1.78. The van der Waals surface area contributed by atoms with E-state index >= 15 is 0 Å². The van der Waals surface area contributed by atoms with E-state index in [4.69, 9.17) is 16.4 Å². The monoisotopic (exact) mass is 376 g/mol. The minimum Gasteiger partial charge on any atom is -0.496 e. The van der Waals surface area contributed by atoms with Crippen molar-refractivity contribution in [2.24, 2.45) is 11.7 Å². The summed E-state index contributed by atoms with van der Waals surface area (Å²) in [5.74, 6) is 12.4. The highest BCUT2D eigenvalue weighted by Gasteiger charge is 2.08. The number of hydrogen-bond acceptors (Lipinski definition) is 6. The number of hydrazine groups is 2. The summed E-state index contributed by atoms with van der Waals surface area (Å²) in [6.07, 6.45) is 1.56. The van der Waals surface area contributed by atoms with E-state index in [1.807, 2.05) is 31.3 Å². The van der Waals surface area contributed by atoms with Crippen LogP contribution in [0.3, 0.4) is 0 Å². The summed E-state index contributed by atoms with van der Waals surface area (Å²) in [5, 5.41) is 2.61. The molecule has 0 aliphatic carbocycles. The molecule has 0 heterocycles. The van der Waals surface area contributed by atoms with Gasteiger partial charge in [-0.05, 0) is 35.7 Å². The molecule has 0 saturated carbocycles. The minimum atomic E-state index is 0.528. The minimum absolute atomic E-state index is 0.528. The lowest BCUT2D eigenvalue weighted by Gasteiger charge is -2.17. The molecule has 4 N–H and O–H groups in total. The second kappa shape index (κ2) is 11.4. The molecule has 0 saturated heterocycles. The zero-order chi connectivity index (χ0) is 19.5. The van der Waals surface area contributed by atoms with E-state index in [9.17, 15) is 4.79 Å². The summed E-state index contributed by atoms with van der Waals surface area (Å²) in [5.41, 5.74) is 3.59. The molecule has 6 nitrogen and oxygen atoms in total. The number of anilines is 1. The van der Waals surface area contributed by atoms with Gasteiger partial charge in [0.25, 0.3) is 0 Å². The lowest BCUT2D eigenvalue weighted by molar-refractivity contribution is -0.117. The van der Waals surface area contributed by atoms with Crippen molar-refractivity contribution in [3.63, 3.8) is 0 Å². The molecule has 0 radical (unpaired) electrons. The van der Waals surface area contributed by atoms with Gasteiger partial charge in [-0.2, -0.15) is 0 Å². The maximum atomic E-state index is 9.31. The molecule has 0 aliphatic rings. The zero-order valence-electron chi connectivity index (χ0n) is 15.8. The summed E-state index contributed by atoms with van der Waals surface area (Å²) in [7, 11) is 5.04. The first-order chi connectivity index (χ1) is 12.4. The van der Waals surface area contributed by atoms with Crippen LogP contribution >= 0.6 is 11.8 Å². The second-order valence-corrected chi connectivity index (χ2v) is 6.66. The van der Waals surface area contributed by atoms with Gasteiger partial charge in [-0.15, -0.1) is 11.8 Å². The van der Waals surface area contributed by atoms with Crippen LogP contribution in [-0.4, -0.2) is 32.6 Å². The number of thioether (sulfide) groups is 1. The van der Waals surface area contributed by atoms with Gasteiger partial charge in [0.15, 0.2) is 0 Å². The fraction of sp³-hybridized carbons (Fsp3) is 0.316. The van der Waals surface area contributed by atoms with Crippen LogP contribution < -0.4 is 21.4 Å². The van der Waals surface area contributed by atoms with Crippen molar-refractivity contribution < 1.29 is 9.53 Å². The molecule has 26 heavy (non-hydrogen) atoms. The van der Waals surface area contributed by atoms with Gasteiger partial charge in [0.1, 0.15) is 5.75 Å². The summed E-state index contributed by atoms with van der Waals surface area (Å²) in [6.45, 7) is 2.16. The molecule has 0 aromatic heterocycles. The SMILES string of the molecule is CCc1ccc(OC)c(SCc2ccccc2N(C)N)c1.CN(N)C=O. The second-order valence-electron chi connectivity index (χ2n) is 5.64. The van der Waals surface area contributed by atoms with Crippen molar-refractivity contribution in [3.8, 4) is 5.75 Å². The number of hydrogen-bond donors (Lipinski definition) is 2. The van der Waals surface area contributed by atoms with Gasteiger partial charge in [0.2, 0.25) is 6.41 Å². The summed E-state index contributed by atoms with van der Waals surface area (Å²) in [6, 6.07) is 14.6. The van der Waals surface area contributed by atoms with Gasteiger partial charge in [-0.3, -0.25) is 9.80 Å². The zero-order valence-corrected chi connectivity index (χ0v) is 16.6. The molecule has 2 aromatic carbocycles. The molecule has 0 spiro atoms. The van der Waals surface area contributed by atoms with Crippen LogP contribution in [-0.2, 0) is 17.0 Å². The highest BCUT2D eigenvalue weighted by atomic mass is 32.2. The van der Waals surface area contributed by atoms with Crippen LogP contribution in [0.15, 0.2) is 47.4 Å². The lowest BCUT2D eigenvalue weighted by atomic mass is 10.2. The Kier molecular flexibility index (Phi) is 9.57. The maximum absolute atomic E-state index is 9.31. The molecule has 0 aliphatic heterocycles. The van der Waals surface area contributed by atoms with E-state index in [1.54, 1.807) is 23.9 Å². The summed E-state index contributed by atoms with van der Waals surface area (Å²) < 4.78 is 5.46. The van der Waals surface area contributed by atoms with Gasteiger partial charge < -0.3 is 9.75 Å². The quantitative estimate of drug-likeness (QED) is 0.254. The predicted octanol–water partition coefficient (Wildman–Crippen LogP) is 2.81. The van der Waals surface area contributed by atoms with Crippen molar-refractivity contribution in [2.45, 2.75) is 24.0 Å². The van der Waals surface area contributed by atoms with Gasteiger partial charge in [0.05, 0.1) is 12.8 Å². The third-order valence-electron chi connectivity index (χ3n) is 3.56. The largest absolute Gasteiger partial charge is 0.496 e. The number of para-hydroxylation sites is 1. The van der Waals surface area contributed by atoms with E-state index in [2.05, 4.69) is 25.1 Å². The topological polar surface area (TPSA) is 84.8 Å². The van der Waals surface area contributed by atoms with Crippen molar-refractivity contribution in [3.05, 3.63) is 53.6 Å². The molecule has 2 rings (SSSR count). The van der Waals surface area contributed by atoms with Crippen molar-refractivity contribution in [1.29, 1.82) is 0 Å². The Balaban J connectivity index is 0.000000597. The molecule has 1 amide bonds.